The van der Waals surface area contributed by atoms with E-state index >= 15 is 0 Å². The van der Waals surface area contributed by atoms with Crippen molar-refractivity contribution in [2.45, 2.75) is 17.2 Å². The largest absolute Gasteiger partial charge is 0.497 e. The van der Waals surface area contributed by atoms with E-state index in [1.165, 1.54) is 11.8 Å². The highest BCUT2D eigenvalue weighted by Gasteiger charge is 2.15. The number of fused-ring (bicyclic) bond motifs is 1. The quantitative estimate of drug-likeness (QED) is 0.718. The number of aliphatic carboxylic acids is 1. The number of rotatable bonds is 5. The summed E-state index contributed by atoms with van der Waals surface area (Å²) in [7, 11) is 1.61. The monoisotopic (exact) mass is 330 g/mol. The molecule has 1 unspecified atom stereocenters. The fraction of sp³-hybridized carbons (Fsp3) is 0.200. The molecule has 23 heavy (non-hydrogen) atoms. The third-order valence-corrected chi connectivity index (χ3v) is 4.25. The normalized spacial score (nSPS) is 12.3. The second kappa shape index (κ2) is 6.25. The molecule has 1 N–H and O–H groups in total. The lowest BCUT2D eigenvalue weighted by molar-refractivity contribution is -0.136. The summed E-state index contributed by atoms with van der Waals surface area (Å²) in [5.41, 5.74) is 1.45. The average Bonchev–Trinajstić information content (AvgIpc) is 2.98. The number of carboxylic acid groups (broad SMARTS) is 1. The van der Waals surface area contributed by atoms with Crippen molar-refractivity contribution >= 4 is 23.4 Å². The smallest absolute Gasteiger partial charge is 0.316 e. The Labute approximate surface area is 136 Å². The van der Waals surface area contributed by atoms with Gasteiger partial charge in [-0.2, -0.15) is 9.61 Å². The SMILES string of the molecule is COc1ccc(-c2nnc3ccc(SC(C)C(=O)O)nn23)cc1. The summed E-state index contributed by atoms with van der Waals surface area (Å²) in [5.74, 6) is 0.464. The van der Waals surface area contributed by atoms with Gasteiger partial charge in [-0.05, 0) is 43.3 Å². The maximum absolute atomic E-state index is 11.0. The highest BCUT2D eigenvalue weighted by molar-refractivity contribution is 8.00. The molecule has 0 radical (unpaired) electrons. The van der Waals surface area contributed by atoms with Crippen molar-refractivity contribution in [3.8, 4) is 17.1 Å². The molecule has 0 amide bonds. The molecule has 0 aliphatic carbocycles. The Morgan fingerprint density at radius 3 is 2.61 bits per heavy atom. The summed E-state index contributed by atoms with van der Waals surface area (Å²) in [5, 5.41) is 21.7. The number of carbonyl (C=O) groups is 1. The van der Waals surface area contributed by atoms with Gasteiger partial charge in [-0.15, -0.1) is 10.2 Å². The van der Waals surface area contributed by atoms with Crippen LogP contribution in [-0.2, 0) is 4.79 Å². The minimum Gasteiger partial charge on any atom is -0.497 e. The van der Waals surface area contributed by atoms with E-state index in [2.05, 4.69) is 15.3 Å². The van der Waals surface area contributed by atoms with Crippen LogP contribution < -0.4 is 4.74 Å². The molecule has 0 bridgehead atoms. The lowest BCUT2D eigenvalue weighted by Gasteiger charge is -2.06. The van der Waals surface area contributed by atoms with E-state index in [1.807, 2.05) is 24.3 Å². The van der Waals surface area contributed by atoms with Gasteiger partial charge in [0.1, 0.15) is 16.0 Å². The molecule has 0 spiro atoms. The molecule has 1 aromatic carbocycles. The Bertz CT molecular complexity index is 848. The van der Waals surface area contributed by atoms with Crippen LogP contribution >= 0.6 is 11.8 Å². The van der Waals surface area contributed by atoms with Gasteiger partial charge in [0.2, 0.25) is 0 Å². The first-order valence-corrected chi connectivity index (χ1v) is 7.73. The number of thioether (sulfide) groups is 1. The van der Waals surface area contributed by atoms with Crippen LogP contribution in [-0.4, -0.2) is 43.2 Å². The van der Waals surface area contributed by atoms with Crippen molar-refractivity contribution in [1.29, 1.82) is 0 Å². The molecule has 0 aliphatic rings. The summed E-state index contributed by atoms with van der Waals surface area (Å²) < 4.78 is 6.75. The first kappa shape index (κ1) is 15.3. The number of benzene rings is 1. The van der Waals surface area contributed by atoms with E-state index in [4.69, 9.17) is 9.84 Å². The maximum Gasteiger partial charge on any atom is 0.316 e. The van der Waals surface area contributed by atoms with Gasteiger partial charge in [-0.25, -0.2) is 0 Å². The Morgan fingerprint density at radius 2 is 1.96 bits per heavy atom. The maximum atomic E-state index is 11.0. The Kier molecular flexibility index (Phi) is 4.16. The summed E-state index contributed by atoms with van der Waals surface area (Å²) >= 11 is 1.17. The summed E-state index contributed by atoms with van der Waals surface area (Å²) in [6.45, 7) is 1.62. The van der Waals surface area contributed by atoms with Gasteiger partial charge in [-0.1, -0.05) is 11.8 Å². The number of methoxy groups -OCH3 is 1. The van der Waals surface area contributed by atoms with Crippen LogP contribution in [0, 0.1) is 0 Å². The predicted octanol–water partition coefficient (Wildman–Crippen LogP) is 2.37. The second-order valence-electron chi connectivity index (χ2n) is 4.79. The van der Waals surface area contributed by atoms with Gasteiger partial charge in [0, 0.05) is 5.56 Å². The Morgan fingerprint density at radius 1 is 1.22 bits per heavy atom. The highest BCUT2D eigenvalue weighted by atomic mass is 32.2. The zero-order valence-electron chi connectivity index (χ0n) is 12.5. The van der Waals surface area contributed by atoms with Crippen LogP contribution in [0.4, 0.5) is 0 Å². The highest BCUT2D eigenvalue weighted by Crippen LogP contribution is 2.24. The predicted molar refractivity (Wildman–Crippen MR) is 85.7 cm³/mol. The summed E-state index contributed by atoms with van der Waals surface area (Å²) in [6.07, 6.45) is 0. The van der Waals surface area contributed by atoms with Crippen LogP contribution in [0.1, 0.15) is 6.92 Å². The number of nitrogens with zero attached hydrogens (tertiary/aromatic N) is 4. The number of aromatic nitrogens is 4. The molecule has 0 saturated heterocycles. The molecule has 3 aromatic rings. The fourth-order valence-corrected chi connectivity index (χ4v) is 2.72. The Balaban J connectivity index is 1.99. The van der Waals surface area contributed by atoms with Gasteiger partial charge in [0.05, 0.1) is 7.11 Å². The van der Waals surface area contributed by atoms with Gasteiger partial charge in [-0.3, -0.25) is 4.79 Å². The fourth-order valence-electron chi connectivity index (χ4n) is 1.99. The number of hydrogen-bond acceptors (Lipinski definition) is 6. The number of carboxylic acids is 1. The molecule has 118 valence electrons. The third kappa shape index (κ3) is 3.11. The molecule has 0 fully saturated rings. The zero-order valence-corrected chi connectivity index (χ0v) is 13.3. The number of ether oxygens (including phenoxy) is 1. The molecule has 3 rings (SSSR count). The van der Waals surface area contributed by atoms with E-state index < -0.39 is 11.2 Å². The standard InChI is InChI=1S/C15H14N4O3S/c1-9(15(20)21)23-13-8-7-12-16-17-14(19(12)18-13)10-3-5-11(22-2)6-4-10/h3-9H,1-2H3,(H,20,21). The molecule has 2 heterocycles. The molecular formula is C15H14N4O3S. The van der Waals surface area contributed by atoms with E-state index in [0.717, 1.165) is 11.3 Å². The van der Waals surface area contributed by atoms with Crippen molar-refractivity contribution in [1.82, 2.24) is 19.8 Å². The zero-order chi connectivity index (χ0) is 16.4. The van der Waals surface area contributed by atoms with Crippen molar-refractivity contribution in [3.05, 3.63) is 36.4 Å². The van der Waals surface area contributed by atoms with Crippen molar-refractivity contribution < 1.29 is 14.6 Å². The van der Waals surface area contributed by atoms with E-state index in [0.29, 0.717) is 16.5 Å². The topological polar surface area (TPSA) is 89.6 Å². The molecular weight excluding hydrogens is 316 g/mol. The van der Waals surface area contributed by atoms with Crippen molar-refractivity contribution in [2.24, 2.45) is 0 Å². The lowest BCUT2D eigenvalue weighted by Crippen LogP contribution is -2.11. The molecule has 7 nitrogen and oxygen atoms in total. The minimum atomic E-state index is -0.879. The molecule has 0 aliphatic heterocycles. The van der Waals surface area contributed by atoms with Crippen LogP contribution in [0.3, 0.4) is 0 Å². The first-order valence-electron chi connectivity index (χ1n) is 6.85. The Hall–Kier alpha value is -2.61. The lowest BCUT2D eigenvalue weighted by atomic mass is 10.2. The number of hydrogen-bond donors (Lipinski definition) is 1. The molecule has 8 heteroatoms. The van der Waals surface area contributed by atoms with Crippen LogP contribution in [0.5, 0.6) is 5.75 Å². The van der Waals surface area contributed by atoms with Gasteiger partial charge >= 0.3 is 5.97 Å². The molecule has 0 saturated carbocycles. The van der Waals surface area contributed by atoms with Crippen LogP contribution in [0.15, 0.2) is 41.4 Å². The van der Waals surface area contributed by atoms with Crippen LogP contribution in [0.25, 0.3) is 17.0 Å². The summed E-state index contributed by atoms with van der Waals surface area (Å²) in [4.78, 5) is 11.0. The van der Waals surface area contributed by atoms with E-state index in [9.17, 15) is 4.79 Å². The molecule has 2 aromatic heterocycles. The third-order valence-electron chi connectivity index (χ3n) is 3.23. The van der Waals surface area contributed by atoms with Crippen LogP contribution in [0.2, 0.25) is 0 Å². The minimum absolute atomic E-state index is 0.583. The van der Waals surface area contributed by atoms with Gasteiger partial charge in [0.15, 0.2) is 11.5 Å². The average molecular weight is 330 g/mol. The van der Waals surface area contributed by atoms with Crippen molar-refractivity contribution in [3.63, 3.8) is 0 Å². The van der Waals surface area contributed by atoms with E-state index in [1.54, 1.807) is 30.7 Å². The molecule has 1 atom stereocenters. The van der Waals surface area contributed by atoms with Gasteiger partial charge in [0.25, 0.3) is 0 Å². The second-order valence-corrected chi connectivity index (χ2v) is 6.15. The van der Waals surface area contributed by atoms with Crippen molar-refractivity contribution in [2.75, 3.05) is 7.11 Å². The summed E-state index contributed by atoms with van der Waals surface area (Å²) in [6, 6.07) is 10.9. The van der Waals surface area contributed by atoms with Gasteiger partial charge < -0.3 is 9.84 Å². The van der Waals surface area contributed by atoms with E-state index in [-0.39, 0.29) is 0 Å². The first-order chi connectivity index (χ1) is 11.1.